The number of nitrogens with zero attached hydrogens (tertiary/aromatic N) is 2. The van der Waals surface area contributed by atoms with Gasteiger partial charge in [0.2, 0.25) is 0 Å². The summed E-state index contributed by atoms with van der Waals surface area (Å²) in [7, 11) is 0. The van der Waals surface area contributed by atoms with E-state index >= 15 is 0 Å². The maximum atomic E-state index is 12.5. The smallest absolute Gasteiger partial charge is 0.261 e. The summed E-state index contributed by atoms with van der Waals surface area (Å²) >= 11 is 5.65. The summed E-state index contributed by atoms with van der Waals surface area (Å²) in [5.41, 5.74) is 0.489. The highest BCUT2D eigenvalue weighted by molar-refractivity contribution is 6.29. The van der Waals surface area contributed by atoms with E-state index in [1.165, 1.54) is 0 Å². The number of rotatable bonds is 3. The second-order valence-corrected chi connectivity index (χ2v) is 4.44. The lowest BCUT2D eigenvalue weighted by Gasteiger charge is -2.06. The van der Waals surface area contributed by atoms with Gasteiger partial charge in [0.15, 0.2) is 0 Å². The van der Waals surface area contributed by atoms with Crippen LogP contribution >= 0.6 is 11.6 Å². The van der Waals surface area contributed by atoms with Gasteiger partial charge in [0.1, 0.15) is 5.15 Å². The fraction of sp³-hybridized carbons (Fsp3) is 0.143. The topological polar surface area (TPSA) is 25.8 Å². The van der Waals surface area contributed by atoms with Gasteiger partial charge in [0.25, 0.3) is 0 Å². The Morgan fingerprint density at radius 3 is 2.60 bits per heavy atom. The van der Waals surface area contributed by atoms with Gasteiger partial charge in [-0.05, 0) is 23.8 Å². The van der Waals surface area contributed by atoms with Crippen LogP contribution in [-0.4, -0.2) is 9.97 Å². The van der Waals surface area contributed by atoms with Crippen molar-refractivity contribution in [3.8, 4) is 0 Å². The minimum atomic E-state index is -4.35. The molecule has 0 aromatic carbocycles. The Balaban J connectivity index is 2.05. The summed E-state index contributed by atoms with van der Waals surface area (Å²) in [4.78, 5) is 7.81. The molecule has 0 aliphatic carbocycles. The fourth-order valence-corrected chi connectivity index (χ4v) is 1.68. The average Bonchev–Trinajstić information content (AvgIpc) is 2.40. The third kappa shape index (κ3) is 4.06. The molecule has 20 heavy (non-hydrogen) atoms. The van der Waals surface area contributed by atoms with Gasteiger partial charge in [-0.1, -0.05) is 29.8 Å². The maximum Gasteiger partial charge on any atom is 0.416 e. The molecule has 0 aliphatic rings. The number of halogens is 4. The summed E-state index contributed by atoms with van der Waals surface area (Å²) in [6, 6.07) is 5.41. The van der Waals surface area contributed by atoms with E-state index in [0.717, 1.165) is 23.9 Å². The summed E-state index contributed by atoms with van der Waals surface area (Å²) in [5.74, 6) is 0. The van der Waals surface area contributed by atoms with Crippen molar-refractivity contribution in [2.45, 2.75) is 12.6 Å². The van der Waals surface area contributed by atoms with Crippen molar-refractivity contribution >= 4 is 17.7 Å². The fourth-order valence-electron chi connectivity index (χ4n) is 1.57. The van der Waals surface area contributed by atoms with Gasteiger partial charge < -0.3 is 0 Å². The van der Waals surface area contributed by atoms with Crippen molar-refractivity contribution < 1.29 is 13.2 Å². The Labute approximate surface area is 118 Å². The van der Waals surface area contributed by atoms with Crippen molar-refractivity contribution in [1.82, 2.24) is 9.97 Å². The first kappa shape index (κ1) is 14.5. The lowest BCUT2D eigenvalue weighted by atomic mass is 10.1. The highest BCUT2D eigenvalue weighted by Crippen LogP contribution is 2.29. The SMILES string of the molecule is FC(F)(F)c1ccnc(CC=Cc2ccc(Cl)nc2)c1. The number of pyridine rings is 2. The van der Waals surface area contributed by atoms with E-state index in [1.54, 1.807) is 30.5 Å². The van der Waals surface area contributed by atoms with Gasteiger partial charge in [0.05, 0.1) is 5.56 Å². The zero-order chi connectivity index (χ0) is 14.6. The summed E-state index contributed by atoms with van der Waals surface area (Å²) in [6.45, 7) is 0. The lowest BCUT2D eigenvalue weighted by molar-refractivity contribution is -0.137. The third-order valence-corrected chi connectivity index (χ3v) is 2.76. The van der Waals surface area contributed by atoms with Crippen molar-refractivity contribution in [2.75, 3.05) is 0 Å². The van der Waals surface area contributed by atoms with Crippen molar-refractivity contribution in [2.24, 2.45) is 0 Å². The number of hydrogen-bond donors (Lipinski definition) is 0. The maximum absolute atomic E-state index is 12.5. The van der Waals surface area contributed by atoms with E-state index in [4.69, 9.17) is 11.6 Å². The largest absolute Gasteiger partial charge is 0.416 e. The van der Waals surface area contributed by atoms with Gasteiger partial charge >= 0.3 is 6.18 Å². The highest BCUT2D eigenvalue weighted by Gasteiger charge is 2.30. The highest BCUT2D eigenvalue weighted by atomic mass is 35.5. The first-order chi connectivity index (χ1) is 9.45. The molecular weight excluding hydrogens is 289 g/mol. The normalized spacial score (nSPS) is 12.0. The molecule has 0 aliphatic heterocycles. The van der Waals surface area contributed by atoms with E-state index in [-0.39, 0.29) is 0 Å². The molecule has 6 heteroatoms. The molecule has 0 bridgehead atoms. The zero-order valence-corrected chi connectivity index (χ0v) is 11.0. The Kier molecular flexibility index (Phi) is 4.39. The molecule has 2 rings (SSSR count). The van der Waals surface area contributed by atoms with Crippen LogP contribution in [0.3, 0.4) is 0 Å². The molecule has 0 N–H and O–H groups in total. The summed E-state index contributed by atoms with van der Waals surface area (Å²) in [6.07, 6.45) is 2.20. The number of hydrogen-bond acceptors (Lipinski definition) is 2. The number of allylic oxidation sites excluding steroid dienone is 1. The Bertz CT molecular complexity index is 607. The second-order valence-electron chi connectivity index (χ2n) is 4.05. The molecule has 104 valence electrons. The monoisotopic (exact) mass is 298 g/mol. The summed E-state index contributed by atoms with van der Waals surface area (Å²) < 4.78 is 37.6. The molecule has 2 aromatic rings. The zero-order valence-electron chi connectivity index (χ0n) is 10.2. The van der Waals surface area contributed by atoms with Gasteiger partial charge in [0, 0.05) is 24.5 Å². The van der Waals surface area contributed by atoms with E-state index in [2.05, 4.69) is 9.97 Å². The van der Waals surface area contributed by atoms with Crippen LogP contribution in [0.2, 0.25) is 5.15 Å². The third-order valence-electron chi connectivity index (χ3n) is 2.53. The molecule has 0 amide bonds. The molecule has 0 radical (unpaired) electrons. The molecule has 0 spiro atoms. The Morgan fingerprint density at radius 1 is 1.15 bits per heavy atom. The quantitative estimate of drug-likeness (QED) is 0.785. The molecule has 0 atom stereocenters. The Hall–Kier alpha value is -1.88. The molecule has 0 fully saturated rings. The Morgan fingerprint density at radius 2 is 1.95 bits per heavy atom. The first-order valence-corrected chi connectivity index (χ1v) is 6.13. The molecule has 0 unspecified atom stereocenters. The van der Waals surface area contributed by atoms with E-state index in [1.807, 2.05) is 0 Å². The van der Waals surface area contributed by atoms with Crippen LogP contribution < -0.4 is 0 Å². The predicted molar refractivity (Wildman–Crippen MR) is 71.2 cm³/mol. The summed E-state index contributed by atoms with van der Waals surface area (Å²) in [5, 5.41) is 0.390. The van der Waals surface area contributed by atoms with Gasteiger partial charge in [-0.25, -0.2) is 4.98 Å². The molecule has 0 saturated carbocycles. The van der Waals surface area contributed by atoms with Crippen LogP contribution in [0.15, 0.2) is 42.7 Å². The van der Waals surface area contributed by atoms with Crippen LogP contribution in [0.1, 0.15) is 16.8 Å². The predicted octanol–water partition coefficient (Wildman–Crippen LogP) is 4.40. The lowest BCUT2D eigenvalue weighted by Crippen LogP contribution is -2.05. The first-order valence-electron chi connectivity index (χ1n) is 5.75. The van der Waals surface area contributed by atoms with Crippen LogP contribution in [0, 0.1) is 0 Å². The van der Waals surface area contributed by atoms with Crippen LogP contribution in [0.5, 0.6) is 0 Å². The molecule has 0 saturated heterocycles. The molecule has 2 heterocycles. The van der Waals surface area contributed by atoms with Crippen molar-refractivity contribution in [3.63, 3.8) is 0 Å². The number of aromatic nitrogens is 2. The second kappa shape index (κ2) is 6.05. The van der Waals surface area contributed by atoms with E-state index < -0.39 is 11.7 Å². The molecule has 2 nitrogen and oxygen atoms in total. The van der Waals surface area contributed by atoms with Crippen LogP contribution in [0.4, 0.5) is 13.2 Å². The van der Waals surface area contributed by atoms with Crippen LogP contribution in [0.25, 0.3) is 6.08 Å². The molecule has 2 aromatic heterocycles. The molecular formula is C14H10ClF3N2. The van der Waals surface area contributed by atoms with Gasteiger partial charge in [-0.3, -0.25) is 4.98 Å². The van der Waals surface area contributed by atoms with Crippen molar-refractivity contribution in [3.05, 3.63) is 64.7 Å². The average molecular weight is 299 g/mol. The van der Waals surface area contributed by atoms with E-state index in [9.17, 15) is 13.2 Å². The van der Waals surface area contributed by atoms with Gasteiger partial charge in [-0.15, -0.1) is 0 Å². The van der Waals surface area contributed by atoms with Gasteiger partial charge in [-0.2, -0.15) is 13.2 Å². The van der Waals surface area contributed by atoms with Crippen molar-refractivity contribution in [1.29, 1.82) is 0 Å². The standard InChI is InChI=1S/C14H10ClF3N2/c15-13-5-4-10(9-20-13)2-1-3-12-8-11(6-7-19-12)14(16,17)18/h1-2,4-9H,3H2. The minimum Gasteiger partial charge on any atom is -0.261 e. The number of alkyl halides is 3. The minimum absolute atomic E-state index is 0.312. The van der Waals surface area contributed by atoms with E-state index in [0.29, 0.717) is 17.3 Å². The van der Waals surface area contributed by atoms with Crippen LogP contribution in [-0.2, 0) is 12.6 Å².